The Kier molecular flexibility index (Phi) is 13.5. The van der Waals surface area contributed by atoms with E-state index in [1.54, 1.807) is 0 Å². The van der Waals surface area contributed by atoms with Crippen molar-refractivity contribution < 1.29 is 9.53 Å². The number of carbonyl (C=O) groups excluding carboxylic acids is 1. The first-order chi connectivity index (χ1) is 14.1. The van der Waals surface area contributed by atoms with Gasteiger partial charge in [-0.25, -0.2) is 4.99 Å². The van der Waals surface area contributed by atoms with Gasteiger partial charge in [0.15, 0.2) is 5.96 Å². The summed E-state index contributed by atoms with van der Waals surface area (Å²) in [6.45, 7) is 12.6. The van der Waals surface area contributed by atoms with Crippen molar-refractivity contribution in [1.29, 1.82) is 0 Å². The third-order valence-corrected chi connectivity index (χ3v) is 4.85. The van der Waals surface area contributed by atoms with Crippen LogP contribution in [0.25, 0.3) is 0 Å². The number of nitrogens with zero attached hydrogens (tertiary/aromatic N) is 3. The van der Waals surface area contributed by atoms with Crippen molar-refractivity contribution in [3.05, 3.63) is 30.3 Å². The number of piperazine rings is 1. The molecule has 30 heavy (non-hydrogen) atoms. The zero-order valence-corrected chi connectivity index (χ0v) is 20.9. The van der Waals surface area contributed by atoms with Crippen LogP contribution in [0.15, 0.2) is 35.3 Å². The van der Waals surface area contributed by atoms with Gasteiger partial charge in [0.2, 0.25) is 5.91 Å². The smallest absolute Gasteiger partial charge is 0.244 e. The Bertz CT molecular complexity index is 619. The summed E-state index contributed by atoms with van der Waals surface area (Å²) in [5.41, 5.74) is 1.21. The number of guanidine groups is 1. The van der Waals surface area contributed by atoms with Gasteiger partial charge in [-0.05, 0) is 31.4 Å². The molecule has 1 aliphatic rings. The van der Waals surface area contributed by atoms with Crippen molar-refractivity contribution in [2.45, 2.75) is 27.2 Å². The summed E-state index contributed by atoms with van der Waals surface area (Å²) in [6, 6.07) is 10.3. The SMILES string of the molecule is CCNC(=NCC(=O)N1CCN(c2ccccc2)CC1)NCCOCCC(C)C.I. The molecule has 7 nitrogen and oxygen atoms in total. The maximum Gasteiger partial charge on any atom is 0.244 e. The lowest BCUT2D eigenvalue weighted by Crippen LogP contribution is -2.49. The monoisotopic (exact) mass is 531 g/mol. The maximum absolute atomic E-state index is 12.5. The number of nitrogens with one attached hydrogen (secondary N) is 2. The quantitative estimate of drug-likeness (QED) is 0.210. The molecule has 1 aromatic carbocycles. The molecule has 2 N–H and O–H groups in total. The van der Waals surface area contributed by atoms with Gasteiger partial charge in [-0.15, -0.1) is 24.0 Å². The Morgan fingerprint density at radius 1 is 1.10 bits per heavy atom. The van der Waals surface area contributed by atoms with Gasteiger partial charge < -0.3 is 25.2 Å². The number of hydrogen-bond acceptors (Lipinski definition) is 4. The maximum atomic E-state index is 12.5. The lowest BCUT2D eigenvalue weighted by Gasteiger charge is -2.36. The van der Waals surface area contributed by atoms with Crippen LogP contribution in [-0.2, 0) is 9.53 Å². The second-order valence-electron chi connectivity index (χ2n) is 7.62. The van der Waals surface area contributed by atoms with Gasteiger partial charge in [0.1, 0.15) is 6.54 Å². The third kappa shape index (κ3) is 9.97. The third-order valence-electron chi connectivity index (χ3n) is 4.85. The Morgan fingerprint density at radius 2 is 1.80 bits per heavy atom. The van der Waals surface area contributed by atoms with Crippen molar-refractivity contribution in [3.8, 4) is 0 Å². The number of aliphatic imine (C=N–C) groups is 1. The van der Waals surface area contributed by atoms with E-state index in [2.05, 4.69) is 46.5 Å². The molecule has 2 rings (SSSR count). The fraction of sp³-hybridized carbons (Fsp3) is 0.636. The molecule has 0 aromatic heterocycles. The average molecular weight is 531 g/mol. The van der Waals surface area contributed by atoms with Gasteiger partial charge in [0.05, 0.1) is 6.61 Å². The number of rotatable bonds is 10. The molecule has 0 saturated carbocycles. The Labute approximate surface area is 198 Å². The minimum atomic E-state index is 0. The first kappa shape index (κ1) is 26.5. The van der Waals surface area contributed by atoms with Crippen LogP contribution >= 0.6 is 24.0 Å². The van der Waals surface area contributed by atoms with E-state index in [9.17, 15) is 4.79 Å². The van der Waals surface area contributed by atoms with Gasteiger partial charge in [-0.2, -0.15) is 0 Å². The molecule has 0 aliphatic carbocycles. The molecule has 1 saturated heterocycles. The standard InChI is InChI=1S/C22H37N5O2.HI/c1-4-23-22(24-11-17-29-16-10-19(2)3)25-18-21(28)27-14-12-26(13-15-27)20-8-6-5-7-9-20;/h5-9,19H,4,10-18H2,1-3H3,(H2,23,24,25);1H. The summed E-state index contributed by atoms with van der Waals surface area (Å²) in [5.74, 6) is 1.39. The zero-order chi connectivity index (χ0) is 20.9. The van der Waals surface area contributed by atoms with E-state index in [4.69, 9.17) is 4.74 Å². The van der Waals surface area contributed by atoms with Crippen LogP contribution in [0.1, 0.15) is 27.2 Å². The predicted molar refractivity (Wildman–Crippen MR) is 135 cm³/mol. The lowest BCUT2D eigenvalue weighted by molar-refractivity contribution is -0.129. The molecule has 0 radical (unpaired) electrons. The Hall–Kier alpha value is -1.55. The van der Waals surface area contributed by atoms with Crippen molar-refractivity contribution in [1.82, 2.24) is 15.5 Å². The van der Waals surface area contributed by atoms with Crippen LogP contribution in [0.5, 0.6) is 0 Å². The number of amides is 1. The Morgan fingerprint density at radius 3 is 2.43 bits per heavy atom. The largest absolute Gasteiger partial charge is 0.380 e. The predicted octanol–water partition coefficient (Wildman–Crippen LogP) is 2.57. The summed E-state index contributed by atoms with van der Waals surface area (Å²) >= 11 is 0. The van der Waals surface area contributed by atoms with Gasteiger partial charge in [0, 0.05) is 51.6 Å². The molecular weight excluding hydrogens is 493 g/mol. The van der Waals surface area contributed by atoms with Gasteiger partial charge >= 0.3 is 0 Å². The van der Waals surface area contributed by atoms with E-state index < -0.39 is 0 Å². The number of carbonyl (C=O) groups is 1. The lowest BCUT2D eigenvalue weighted by atomic mass is 10.1. The molecule has 1 aliphatic heterocycles. The molecule has 170 valence electrons. The highest BCUT2D eigenvalue weighted by atomic mass is 127. The zero-order valence-electron chi connectivity index (χ0n) is 18.6. The fourth-order valence-electron chi connectivity index (χ4n) is 3.10. The minimum Gasteiger partial charge on any atom is -0.380 e. The summed E-state index contributed by atoms with van der Waals surface area (Å²) in [7, 11) is 0. The van der Waals surface area contributed by atoms with Crippen molar-refractivity contribution in [3.63, 3.8) is 0 Å². The Balaban J connectivity index is 0.00000450. The molecule has 1 amide bonds. The minimum absolute atomic E-state index is 0. The average Bonchev–Trinajstić information content (AvgIpc) is 2.74. The molecule has 0 atom stereocenters. The molecule has 1 aromatic rings. The topological polar surface area (TPSA) is 69.2 Å². The number of anilines is 1. The number of ether oxygens (including phenoxy) is 1. The van der Waals surface area contributed by atoms with Crippen molar-refractivity contribution >= 4 is 41.5 Å². The van der Waals surface area contributed by atoms with E-state index >= 15 is 0 Å². The van der Waals surface area contributed by atoms with E-state index in [1.165, 1.54) is 5.69 Å². The second-order valence-corrected chi connectivity index (χ2v) is 7.62. The molecule has 1 heterocycles. The van der Waals surface area contributed by atoms with E-state index in [1.807, 2.05) is 30.0 Å². The van der Waals surface area contributed by atoms with Gasteiger partial charge in [0.25, 0.3) is 0 Å². The number of hydrogen-bond donors (Lipinski definition) is 2. The van der Waals surface area contributed by atoms with Crippen LogP contribution in [0.3, 0.4) is 0 Å². The summed E-state index contributed by atoms with van der Waals surface area (Å²) in [4.78, 5) is 21.2. The van der Waals surface area contributed by atoms with Gasteiger partial charge in [-0.1, -0.05) is 32.0 Å². The van der Waals surface area contributed by atoms with Crippen LogP contribution in [0, 0.1) is 5.92 Å². The van der Waals surface area contributed by atoms with Crippen molar-refractivity contribution in [2.24, 2.45) is 10.9 Å². The normalized spacial score (nSPS) is 14.5. The summed E-state index contributed by atoms with van der Waals surface area (Å²) in [6.07, 6.45) is 1.07. The van der Waals surface area contributed by atoms with Crippen LogP contribution in [0.4, 0.5) is 5.69 Å². The van der Waals surface area contributed by atoms with Crippen molar-refractivity contribution in [2.75, 3.05) is 63.9 Å². The van der Waals surface area contributed by atoms with E-state index in [-0.39, 0.29) is 36.4 Å². The fourth-order valence-corrected chi connectivity index (χ4v) is 3.10. The molecule has 0 bridgehead atoms. The highest BCUT2D eigenvalue weighted by molar-refractivity contribution is 14.0. The first-order valence-corrected chi connectivity index (χ1v) is 10.8. The first-order valence-electron chi connectivity index (χ1n) is 10.8. The van der Waals surface area contributed by atoms with Gasteiger partial charge in [-0.3, -0.25) is 4.79 Å². The van der Waals surface area contributed by atoms with E-state index in [0.717, 1.165) is 45.8 Å². The van der Waals surface area contributed by atoms with Crippen LogP contribution in [-0.4, -0.2) is 75.8 Å². The van der Waals surface area contributed by atoms with Crippen LogP contribution < -0.4 is 15.5 Å². The molecular formula is C22H38IN5O2. The second kappa shape index (κ2) is 15.3. The number of para-hydroxylation sites is 1. The van der Waals surface area contributed by atoms with E-state index in [0.29, 0.717) is 25.0 Å². The summed E-state index contributed by atoms with van der Waals surface area (Å²) < 4.78 is 5.62. The van der Waals surface area contributed by atoms with Crippen LogP contribution in [0.2, 0.25) is 0 Å². The highest BCUT2D eigenvalue weighted by Gasteiger charge is 2.20. The molecule has 1 fully saturated rings. The molecule has 8 heteroatoms. The molecule has 0 unspecified atom stereocenters. The summed E-state index contributed by atoms with van der Waals surface area (Å²) in [5, 5.41) is 6.41. The number of benzene rings is 1. The highest BCUT2D eigenvalue weighted by Crippen LogP contribution is 2.15. The number of halogens is 1. The molecule has 0 spiro atoms.